The van der Waals surface area contributed by atoms with E-state index in [9.17, 15) is 14.9 Å². The van der Waals surface area contributed by atoms with Crippen molar-refractivity contribution in [3.8, 4) is 5.75 Å². The molecule has 6 nitrogen and oxygen atoms in total. The summed E-state index contributed by atoms with van der Waals surface area (Å²) in [5.41, 5.74) is 1.06. The molecule has 1 aromatic rings. The third-order valence-corrected chi connectivity index (χ3v) is 2.24. The zero-order chi connectivity index (χ0) is 13.2. The molecule has 1 rings (SSSR count). The van der Waals surface area contributed by atoms with Gasteiger partial charge >= 0.3 is 11.7 Å². The summed E-state index contributed by atoms with van der Waals surface area (Å²) in [5, 5.41) is 19.6. The third-order valence-electron chi connectivity index (χ3n) is 2.24. The molecule has 92 valence electrons. The third kappa shape index (κ3) is 2.93. The van der Waals surface area contributed by atoms with Crippen molar-refractivity contribution in [3.63, 3.8) is 0 Å². The van der Waals surface area contributed by atoms with Crippen LogP contribution in [0.25, 0.3) is 0 Å². The second-order valence-electron chi connectivity index (χ2n) is 3.79. The van der Waals surface area contributed by atoms with Crippen LogP contribution in [-0.2, 0) is 4.79 Å². The number of nitro benzene ring substituents is 1. The minimum atomic E-state index is -1.17. The molecule has 0 fully saturated rings. The van der Waals surface area contributed by atoms with Crippen LogP contribution in [0.4, 0.5) is 5.69 Å². The largest absolute Gasteiger partial charge is 0.479 e. The predicted octanol–water partition coefficient (Wildman–Crippen LogP) is 2.06. The first kappa shape index (κ1) is 13.0. The lowest BCUT2D eigenvalue weighted by molar-refractivity contribution is -0.386. The maximum atomic E-state index is 10.9. The lowest BCUT2D eigenvalue weighted by atomic mass is 10.1. The van der Waals surface area contributed by atoms with Crippen molar-refractivity contribution >= 4 is 11.7 Å². The van der Waals surface area contributed by atoms with Crippen LogP contribution in [0, 0.1) is 24.0 Å². The second kappa shape index (κ2) is 4.82. The Labute approximate surface area is 98.0 Å². The van der Waals surface area contributed by atoms with Gasteiger partial charge in [0.2, 0.25) is 5.75 Å². The van der Waals surface area contributed by atoms with Gasteiger partial charge in [-0.1, -0.05) is 6.07 Å². The van der Waals surface area contributed by atoms with Crippen LogP contribution in [0.3, 0.4) is 0 Å². The van der Waals surface area contributed by atoms with E-state index in [4.69, 9.17) is 9.84 Å². The molecule has 1 unspecified atom stereocenters. The van der Waals surface area contributed by atoms with Crippen LogP contribution >= 0.6 is 0 Å². The monoisotopic (exact) mass is 239 g/mol. The smallest absolute Gasteiger partial charge is 0.344 e. The van der Waals surface area contributed by atoms with Gasteiger partial charge in [0.05, 0.1) is 4.92 Å². The van der Waals surface area contributed by atoms with Crippen molar-refractivity contribution in [1.29, 1.82) is 0 Å². The van der Waals surface area contributed by atoms with Crippen molar-refractivity contribution in [3.05, 3.63) is 33.4 Å². The molecule has 0 saturated heterocycles. The number of aryl methyl sites for hydroxylation is 2. The average molecular weight is 239 g/mol. The Balaban J connectivity index is 3.21. The van der Waals surface area contributed by atoms with Gasteiger partial charge in [-0.25, -0.2) is 4.79 Å². The van der Waals surface area contributed by atoms with Crippen molar-refractivity contribution < 1.29 is 19.6 Å². The summed E-state index contributed by atoms with van der Waals surface area (Å²) in [6, 6.07) is 3.06. The molecule has 0 amide bonds. The Morgan fingerprint density at radius 1 is 1.47 bits per heavy atom. The highest BCUT2D eigenvalue weighted by atomic mass is 16.6. The summed E-state index contributed by atoms with van der Waals surface area (Å²) in [6.45, 7) is 4.69. The minimum absolute atomic E-state index is 0.00972. The summed E-state index contributed by atoms with van der Waals surface area (Å²) in [4.78, 5) is 20.9. The number of benzene rings is 1. The number of hydrogen-bond donors (Lipinski definition) is 1. The molecule has 1 N–H and O–H groups in total. The molecule has 0 radical (unpaired) electrons. The fourth-order valence-corrected chi connectivity index (χ4v) is 1.45. The van der Waals surface area contributed by atoms with Crippen molar-refractivity contribution in [2.24, 2.45) is 0 Å². The number of nitrogens with zero attached hydrogens (tertiary/aromatic N) is 1. The predicted molar refractivity (Wildman–Crippen MR) is 60.3 cm³/mol. The van der Waals surface area contributed by atoms with E-state index in [1.807, 2.05) is 0 Å². The molecule has 0 aliphatic carbocycles. The van der Waals surface area contributed by atoms with Gasteiger partial charge in [-0.05, 0) is 31.9 Å². The van der Waals surface area contributed by atoms with Gasteiger partial charge in [0.1, 0.15) is 0 Å². The molecule has 0 aliphatic heterocycles. The number of carboxylic acids is 1. The molecular formula is C11H13NO5. The second-order valence-corrected chi connectivity index (χ2v) is 3.79. The van der Waals surface area contributed by atoms with E-state index in [0.717, 1.165) is 5.56 Å². The molecule has 0 saturated carbocycles. The molecular weight excluding hydrogens is 226 g/mol. The zero-order valence-electron chi connectivity index (χ0n) is 9.76. The number of hydrogen-bond acceptors (Lipinski definition) is 4. The Kier molecular flexibility index (Phi) is 3.67. The fourth-order valence-electron chi connectivity index (χ4n) is 1.45. The van der Waals surface area contributed by atoms with E-state index in [1.165, 1.54) is 13.0 Å². The van der Waals surface area contributed by atoms with Crippen LogP contribution < -0.4 is 4.74 Å². The van der Waals surface area contributed by atoms with Gasteiger partial charge < -0.3 is 9.84 Å². The number of rotatable bonds is 4. The SMILES string of the molecule is Cc1cc(C)c(OC(C)C(=O)O)c([N+](=O)[O-])c1. The van der Waals surface area contributed by atoms with Crippen LogP contribution in [0.2, 0.25) is 0 Å². The number of nitro groups is 1. The first-order chi connectivity index (χ1) is 7.82. The van der Waals surface area contributed by atoms with Crippen LogP contribution in [0.5, 0.6) is 5.75 Å². The number of carbonyl (C=O) groups is 1. The van der Waals surface area contributed by atoms with Gasteiger partial charge in [-0.3, -0.25) is 10.1 Å². The van der Waals surface area contributed by atoms with E-state index in [1.54, 1.807) is 19.9 Å². The summed E-state index contributed by atoms with van der Waals surface area (Å²) >= 11 is 0. The van der Waals surface area contributed by atoms with Crippen molar-refractivity contribution in [1.82, 2.24) is 0 Å². The van der Waals surface area contributed by atoms with E-state index in [2.05, 4.69) is 0 Å². The van der Waals surface area contributed by atoms with Gasteiger partial charge in [0.15, 0.2) is 6.10 Å². The van der Waals surface area contributed by atoms with Crippen molar-refractivity contribution in [2.45, 2.75) is 26.9 Å². The molecule has 6 heteroatoms. The van der Waals surface area contributed by atoms with Crippen molar-refractivity contribution in [2.75, 3.05) is 0 Å². The van der Waals surface area contributed by atoms with E-state index < -0.39 is 17.0 Å². The number of ether oxygens (including phenoxy) is 1. The molecule has 0 aromatic heterocycles. The Morgan fingerprint density at radius 2 is 2.06 bits per heavy atom. The topological polar surface area (TPSA) is 89.7 Å². The summed E-state index contributed by atoms with van der Waals surface area (Å²) in [6.07, 6.45) is -1.13. The van der Waals surface area contributed by atoms with Crippen LogP contribution in [0.15, 0.2) is 12.1 Å². The number of aliphatic carboxylic acids is 1. The van der Waals surface area contributed by atoms with E-state index in [-0.39, 0.29) is 11.4 Å². The normalized spacial score (nSPS) is 11.9. The molecule has 1 atom stereocenters. The molecule has 0 bridgehead atoms. The zero-order valence-corrected chi connectivity index (χ0v) is 9.76. The van der Waals surface area contributed by atoms with Crippen LogP contribution in [-0.4, -0.2) is 22.1 Å². The lowest BCUT2D eigenvalue weighted by Crippen LogP contribution is -2.23. The van der Waals surface area contributed by atoms with Crippen LogP contribution in [0.1, 0.15) is 18.1 Å². The first-order valence-corrected chi connectivity index (χ1v) is 4.98. The highest BCUT2D eigenvalue weighted by molar-refractivity contribution is 5.72. The standard InChI is InChI=1S/C11H13NO5/c1-6-4-7(2)10(9(5-6)12(15)16)17-8(3)11(13)14/h4-5,8H,1-3H3,(H,13,14). The van der Waals surface area contributed by atoms with Gasteiger partial charge in [-0.2, -0.15) is 0 Å². The molecule has 1 aromatic carbocycles. The maximum absolute atomic E-state index is 10.9. The van der Waals surface area contributed by atoms with Gasteiger partial charge in [0.25, 0.3) is 0 Å². The molecule has 0 heterocycles. The van der Waals surface area contributed by atoms with E-state index in [0.29, 0.717) is 5.56 Å². The average Bonchev–Trinajstić information content (AvgIpc) is 2.20. The summed E-state index contributed by atoms with van der Waals surface area (Å²) in [5.74, 6) is -1.16. The summed E-state index contributed by atoms with van der Waals surface area (Å²) in [7, 11) is 0. The first-order valence-electron chi connectivity index (χ1n) is 4.98. The lowest BCUT2D eigenvalue weighted by Gasteiger charge is -2.13. The fraction of sp³-hybridized carbons (Fsp3) is 0.364. The molecule has 17 heavy (non-hydrogen) atoms. The van der Waals surface area contributed by atoms with E-state index >= 15 is 0 Å². The Bertz CT molecular complexity index is 469. The molecule has 0 aliphatic rings. The Hall–Kier alpha value is -2.11. The highest BCUT2D eigenvalue weighted by Gasteiger charge is 2.22. The van der Waals surface area contributed by atoms with Gasteiger partial charge in [0, 0.05) is 6.07 Å². The Morgan fingerprint density at radius 3 is 2.53 bits per heavy atom. The van der Waals surface area contributed by atoms with Gasteiger partial charge in [-0.15, -0.1) is 0 Å². The summed E-state index contributed by atoms with van der Waals surface area (Å²) < 4.78 is 5.11. The maximum Gasteiger partial charge on any atom is 0.344 e. The quantitative estimate of drug-likeness (QED) is 0.641. The molecule has 0 spiro atoms. The minimum Gasteiger partial charge on any atom is -0.479 e. The number of carboxylic acid groups (broad SMARTS) is 1. The highest BCUT2D eigenvalue weighted by Crippen LogP contribution is 2.32.